The number of nitrogens with one attached hydrogen (secondary N) is 1. The van der Waals surface area contributed by atoms with Gasteiger partial charge in [-0.05, 0) is 47.5 Å². The highest BCUT2D eigenvalue weighted by molar-refractivity contribution is 9.10. The molecule has 0 radical (unpaired) electrons. The molecule has 0 saturated heterocycles. The number of fused-ring (bicyclic) bond motifs is 3. The molecule has 0 spiro atoms. The van der Waals surface area contributed by atoms with E-state index in [9.17, 15) is 4.39 Å². The van der Waals surface area contributed by atoms with Crippen LogP contribution in [0.1, 0.15) is 28.8 Å². The summed E-state index contributed by atoms with van der Waals surface area (Å²) in [5.74, 6) is 1.74. The maximum atomic E-state index is 13.8. The van der Waals surface area contributed by atoms with Crippen LogP contribution in [0.3, 0.4) is 0 Å². The van der Waals surface area contributed by atoms with Gasteiger partial charge in [0.15, 0.2) is 0 Å². The third kappa shape index (κ3) is 3.29. The highest BCUT2D eigenvalue weighted by atomic mass is 79.9. The molecule has 8 heteroatoms. The summed E-state index contributed by atoms with van der Waals surface area (Å²) in [6.07, 6.45) is 1.11. The van der Waals surface area contributed by atoms with Crippen LogP contribution < -0.4 is 14.8 Å². The largest absolute Gasteiger partial charge is 0.497 e. The molecule has 6 nitrogen and oxygen atoms in total. The summed E-state index contributed by atoms with van der Waals surface area (Å²) in [7, 11) is 1.63. The van der Waals surface area contributed by atoms with E-state index in [1.165, 1.54) is 18.5 Å². The van der Waals surface area contributed by atoms with E-state index >= 15 is 0 Å². The lowest BCUT2D eigenvalue weighted by Crippen LogP contribution is -2.32. The number of aromatic nitrogens is 3. The average Bonchev–Trinajstić information content (AvgIpc) is 3.31. The van der Waals surface area contributed by atoms with Gasteiger partial charge in [-0.15, -0.1) is 0 Å². The summed E-state index contributed by atoms with van der Waals surface area (Å²) < 4.78 is 28.6. The van der Waals surface area contributed by atoms with Gasteiger partial charge in [0.25, 0.3) is 0 Å². The maximum Gasteiger partial charge on any atom is 0.226 e. The first-order chi connectivity index (χ1) is 16.1. The second-order valence-electron chi connectivity index (χ2n) is 7.85. The van der Waals surface area contributed by atoms with Gasteiger partial charge in [0, 0.05) is 21.7 Å². The monoisotopic (exact) mass is 504 g/mol. The van der Waals surface area contributed by atoms with Crippen molar-refractivity contribution in [1.29, 1.82) is 0 Å². The van der Waals surface area contributed by atoms with Gasteiger partial charge in [-0.25, -0.2) is 9.07 Å². The standard InChI is InChI=1S/C25H18BrFN4O2/c1-32-18-10-11-19-20(12-18)33-24(15-2-6-16(26)7-3-15)21-22(19)30-25-28-13-29-31(25)23(21)14-4-8-17(27)9-5-14/h2-13,23-24H,1H3,(H,28,29,30)/t23-,24+/m0/s1. The zero-order valence-electron chi connectivity index (χ0n) is 17.5. The van der Waals surface area contributed by atoms with Gasteiger partial charge in [-0.2, -0.15) is 10.1 Å². The Kier molecular flexibility index (Phi) is 4.69. The first kappa shape index (κ1) is 20.0. The second kappa shape index (κ2) is 7.74. The van der Waals surface area contributed by atoms with Crippen molar-refractivity contribution in [2.75, 3.05) is 12.4 Å². The number of hydrogen-bond acceptors (Lipinski definition) is 5. The minimum Gasteiger partial charge on any atom is -0.497 e. The Morgan fingerprint density at radius 3 is 2.55 bits per heavy atom. The van der Waals surface area contributed by atoms with E-state index in [-0.39, 0.29) is 11.9 Å². The van der Waals surface area contributed by atoms with Crippen LogP contribution >= 0.6 is 15.9 Å². The van der Waals surface area contributed by atoms with Gasteiger partial charge in [0.05, 0.1) is 12.8 Å². The molecule has 3 aromatic carbocycles. The number of rotatable bonds is 3. The predicted octanol–water partition coefficient (Wildman–Crippen LogP) is 5.75. The van der Waals surface area contributed by atoms with E-state index in [0.29, 0.717) is 17.4 Å². The fraction of sp³-hybridized carbons (Fsp3) is 0.120. The topological polar surface area (TPSA) is 61.2 Å². The van der Waals surface area contributed by atoms with Crippen molar-refractivity contribution >= 4 is 27.6 Å². The van der Waals surface area contributed by atoms with Crippen molar-refractivity contribution in [3.63, 3.8) is 0 Å². The molecule has 1 N–H and O–H groups in total. The highest BCUT2D eigenvalue weighted by Crippen LogP contribution is 2.51. The number of methoxy groups -OCH3 is 1. The summed E-state index contributed by atoms with van der Waals surface area (Å²) >= 11 is 3.51. The van der Waals surface area contributed by atoms with Crippen LogP contribution in [0.15, 0.2) is 83.1 Å². The molecule has 2 atom stereocenters. The molecule has 2 aliphatic heterocycles. The summed E-state index contributed by atoms with van der Waals surface area (Å²) in [5, 5.41) is 7.95. The van der Waals surface area contributed by atoms with E-state index in [1.54, 1.807) is 19.2 Å². The Bertz CT molecular complexity index is 1380. The van der Waals surface area contributed by atoms with Crippen molar-refractivity contribution < 1.29 is 13.9 Å². The van der Waals surface area contributed by atoms with Crippen molar-refractivity contribution in [2.45, 2.75) is 12.1 Å². The smallest absolute Gasteiger partial charge is 0.226 e. The molecular formula is C25H18BrFN4O2. The third-order valence-electron chi connectivity index (χ3n) is 5.98. The second-order valence-corrected chi connectivity index (χ2v) is 8.76. The SMILES string of the molecule is COc1ccc2c(c1)O[C@H](c1ccc(Br)cc1)C1=C2Nc2ncnn2[C@H]1c1ccc(F)cc1. The first-order valence-corrected chi connectivity index (χ1v) is 11.2. The van der Waals surface area contributed by atoms with Crippen molar-refractivity contribution in [1.82, 2.24) is 14.8 Å². The maximum absolute atomic E-state index is 13.8. The average molecular weight is 505 g/mol. The van der Waals surface area contributed by atoms with Crippen molar-refractivity contribution in [3.8, 4) is 11.5 Å². The molecule has 0 fully saturated rings. The molecule has 164 valence electrons. The lowest BCUT2D eigenvalue weighted by molar-refractivity contribution is 0.222. The van der Waals surface area contributed by atoms with Gasteiger partial charge in [-0.3, -0.25) is 0 Å². The first-order valence-electron chi connectivity index (χ1n) is 10.4. The Balaban J connectivity index is 1.62. The van der Waals surface area contributed by atoms with Gasteiger partial charge < -0.3 is 14.8 Å². The van der Waals surface area contributed by atoms with Crippen LogP contribution in [-0.4, -0.2) is 21.9 Å². The zero-order chi connectivity index (χ0) is 22.5. The minimum atomic E-state index is -0.410. The third-order valence-corrected chi connectivity index (χ3v) is 6.51. The molecule has 0 bridgehead atoms. The Morgan fingerprint density at radius 1 is 1.03 bits per heavy atom. The predicted molar refractivity (Wildman–Crippen MR) is 126 cm³/mol. The molecular weight excluding hydrogens is 487 g/mol. The van der Waals surface area contributed by atoms with E-state index < -0.39 is 6.10 Å². The lowest BCUT2D eigenvalue weighted by Gasteiger charge is -2.39. The molecule has 3 heterocycles. The molecule has 1 aromatic heterocycles. The summed E-state index contributed by atoms with van der Waals surface area (Å²) in [5.41, 5.74) is 4.65. The Labute approximate surface area is 197 Å². The van der Waals surface area contributed by atoms with Crippen LogP contribution in [0.4, 0.5) is 10.3 Å². The van der Waals surface area contributed by atoms with Gasteiger partial charge >= 0.3 is 0 Å². The Hall–Kier alpha value is -3.65. The molecule has 0 aliphatic carbocycles. The molecule has 2 aliphatic rings. The number of benzene rings is 3. The summed E-state index contributed by atoms with van der Waals surface area (Å²) in [4.78, 5) is 4.42. The van der Waals surface area contributed by atoms with Gasteiger partial charge in [-0.1, -0.05) is 40.2 Å². The van der Waals surface area contributed by atoms with E-state index in [1.807, 2.05) is 47.1 Å². The minimum absolute atomic E-state index is 0.289. The quantitative estimate of drug-likeness (QED) is 0.385. The fourth-order valence-corrected chi connectivity index (χ4v) is 4.72. The Morgan fingerprint density at radius 2 is 1.79 bits per heavy atom. The van der Waals surface area contributed by atoms with E-state index in [4.69, 9.17) is 9.47 Å². The van der Waals surface area contributed by atoms with Gasteiger partial charge in [0.2, 0.25) is 5.95 Å². The molecule has 33 heavy (non-hydrogen) atoms. The zero-order valence-corrected chi connectivity index (χ0v) is 19.1. The number of halogens is 2. The van der Waals surface area contributed by atoms with Crippen molar-refractivity contribution in [3.05, 3.63) is 106 Å². The van der Waals surface area contributed by atoms with E-state index in [0.717, 1.165) is 32.4 Å². The van der Waals surface area contributed by atoms with Crippen LogP contribution in [0.2, 0.25) is 0 Å². The van der Waals surface area contributed by atoms with Crippen LogP contribution in [0, 0.1) is 5.82 Å². The van der Waals surface area contributed by atoms with Crippen LogP contribution in [0.5, 0.6) is 11.5 Å². The fourth-order valence-electron chi connectivity index (χ4n) is 4.45. The highest BCUT2D eigenvalue weighted by Gasteiger charge is 2.41. The normalized spacial score (nSPS) is 18.5. The molecule has 6 rings (SSSR count). The molecule has 0 amide bonds. The van der Waals surface area contributed by atoms with Crippen LogP contribution in [-0.2, 0) is 0 Å². The number of nitrogens with zero attached hydrogens (tertiary/aromatic N) is 3. The number of ether oxygens (including phenoxy) is 2. The summed E-state index contributed by atoms with van der Waals surface area (Å²) in [6, 6.07) is 20.0. The molecule has 0 unspecified atom stereocenters. The lowest BCUT2D eigenvalue weighted by atomic mass is 9.84. The number of anilines is 1. The van der Waals surface area contributed by atoms with Crippen molar-refractivity contribution in [2.24, 2.45) is 0 Å². The summed E-state index contributed by atoms with van der Waals surface area (Å²) in [6.45, 7) is 0. The van der Waals surface area contributed by atoms with Gasteiger partial charge in [0.1, 0.15) is 35.8 Å². The number of hydrogen-bond donors (Lipinski definition) is 1. The van der Waals surface area contributed by atoms with E-state index in [2.05, 4.69) is 31.3 Å². The molecule has 4 aromatic rings. The van der Waals surface area contributed by atoms with Crippen LogP contribution in [0.25, 0.3) is 5.70 Å². The molecule has 0 saturated carbocycles.